The highest BCUT2D eigenvalue weighted by Crippen LogP contribution is 2.24. The smallest absolute Gasteiger partial charge is 0.0812 e. The minimum Gasteiger partial charge on any atom is -0.271 e. The van der Waals surface area contributed by atoms with Crippen molar-refractivity contribution in [3.8, 4) is 5.69 Å². The van der Waals surface area contributed by atoms with E-state index in [1.54, 1.807) is 0 Å². The Morgan fingerprint density at radius 1 is 1.15 bits per heavy atom. The molecule has 0 aliphatic carbocycles. The van der Waals surface area contributed by atoms with Crippen molar-refractivity contribution in [3.63, 3.8) is 0 Å². The molecular weight excluding hydrogens is 248 g/mol. The monoisotopic (exact) mass is 272 g/mol. The van der Waals surface area contributed by atoms with E-state index < -0.39 is 0 Å². The van der Waals surface area contributed by atoms with Crippen LogP contribution in [0.3, 0.4) is 0 Å². The summed E-state index contributed by atoms with van der Waals surface area (Å²) in [6.07, 6.45) is 5.36. The highest BCUT2D eigenvalue weighted by Gasteiger charge is 2.17. The normalized spacial score (nSPS) is 12.8. The van der Waals surface area contributed by atoms with Crippen LogP contribution in [0.15, 0.2) is 42.6 Å². The molecule has 0 spiro atoms. The van der Waals surface area contributed by atoms with Crippen molar-refractivity contribution in [2.75, 3.05) is 0 Å². The van der Waals surface area contributed by atoms with Crippen LogP contribution in [0.2, 0.25) is 0 Å². The molecule has 108 valence electrons. The van der Waals surface area contributed by atoms with Gasteiger partial charge in [-0.15, -0.1) is 0 Å². The maximum absolute atomic E-state index is 5.71. The van der Waals surface area contributed by atoms with E-state index in [1.165, 1.54) is 12.8 Å². The lowest BCUT2D eigenvalue weighted by Crippen LogP contribution is -2.30. The topological polar surface area (TPSA) is 55.9 Å². The van der Waals surface area contributed by atoms with Gasteiger partial charge in [-0.2, -0.15) is 5.10 Å². The lowest BCUT2D eigenvalue weighted by Gasteiger charge is -2.19. The van der Waals surface area contributed by atoms with Crippen molar-refractivity contribution in [3.05, 3.63) is 48.3 Å². The maximum atomic E-state index is 5.71. The van der Waals surface area contributed by atoms with Crippen LogP contribution < -0.4 is 11.3 Å². The maximum Gasteiger partial charge on any atom is 0.0812 e. The molecule has 1 aromatic carbocycles. The van der Waals surface area contributed by atoms with Gasteiger partial charge in [-0.25, -0.2) is 4.68 Å². The van der Waals surface area contributed by atoms with E-state index in [0.29, 0.717) is 5.92 Å². The average Bonchev–Trinajstić information content (AvgIpc) is 2.99. The second kappa shape index (κ2) is 7.22. The fourth-order valence-electron chi connectivity index (χ4n) is 2.48. The third-order valence-electron chi connectivity index (χ3n) is 3.91. The van der Waals surface area contributed by atoms with Crippen LogP contribution in [-0.2, 0) is 0 Å². The highest BCUT2D eigenvalue weighted by atomic mass is 15.3. The van der Waals surface area contributed by atoms with Crippen molar-refractivity contribution in [1.29, 1.82) is 0 Å². The summed E-state index contributed by atoms with van der Waals surface area (Å²) < 4.78 is 1.90. The molecule has 1 aromatic heterocycles. The Balaban J connectivity index is 2.14. The number of benzene rings is 1. The van der Waals surface area contributed by atoms with Crippen LogP contribution in [0.25, 0.3) is 5.69 Å². The molecule has 3 N–H and O–H groups in total. The number of aromatic nitrogens is 2. The molecule has 2 aromatic rings. The third kappa shape index (κ3) is 3.46. The molecule has 0 amide bonds. The van der Waals surface area contributed by atoms with Crippen LogP contribution in [0, 0.1) is 5.92 Å². The van der Waals surface area contributed by atoms with Gasteiger partial charge in [-0.3, -0.25) is 11.3 Å². The lowest BCUT2D eigenvalue weighted by atomic mass is 9.94. The van der Waals surface area contributed by atoms with E-state index in [2.05, 4.69) is 24.4 Å². The summed E-state index contributed by atoms with van der Waals surface area (Å²) in [6.45, 7) is 4.45. The molecule has 0 fully saturated rings. The molecule has 1 heterocycles. The summed E-state index contributed by atoms with van der Waals surface area (Å²) >= 11 is 0. The Kier molecular flexibility index (Phi) is 5.32. The van der Waals surface area contributed by atoms with Gasteiger partial charge in [0.15, 0.2) is 0 Å². The van der Waals surface area contributed by atoms with E-state index in [0.717, 1.165) is 17.8 Å². The van der Waals surface area contributed by atoms with Gasteiger partial charge in [0.2, 0.25) is 0 Å². The molecule has 0 radical (unpaired) electrons. The standard InChI is InChI=1S/C16H24N4/c1-3-13(4-2)12-16(18-17)15-10-11-20(19-15)14-8-6-5-7-9-14/h5-11,13,16,18H,3-4,12,17H2,1-2H3. The van der Waals surface area contributed by atoms with Crippen LogP contribution >= 0.6 is 0 Å². The first-order chi connectivity index (χ1) is 9.78. The zero-order valence-electron chi connectivity index (χ0n) is 12.3. The number of nitrogens with one attached hydrogen (secondary N) is 1. The second-order valence-electron chi connectivity index (χ2n) is 5.16. The molecule has 0 bridgehead atoms. The minimum absolute atomic E-state index is 0.116. The molecule has 0 aliphatic heterocycles. The van der Waals surface area contributed by atoms with Gasteiger partial charge >= 0.3 is 0 Å². The fourth-order valence-corrected chi connectivity index (χ4v) is 2.48. The zero-order valence-corrected chi connectivity index (χ0v) is 12.3. The highest BCUT2D eigenvalue weighted by molar-refractivity contribution is 5.30. The molecule has 2 rings (SSSR count). The minimum atomic E-state index is 0.116. The van der Waals surface area contributed by atoms with Gasteiger partial charge in [-0.1, -0.05) is 44.9 Å². The van der Waals surface area contributed by atoms with Gasteiger partial charge in [-0.05, 0) is 30.5 Å². The van der Waals surface area contributed by atoms with Gasteiger partial charge in [0.25, 0.3) is 0 Å². The second-order valence-corrected chi connectivity index (χ2v) is 5.16. The summed E-state index contributed by atoms with van der Waals surface area (Å²) in [7, 11) is 0. The first kappa shape index (κ1) is 14.8. The molecule has 20 heavy (non-hydrogen) atoms. The van der Waals surface area contributed by atoms with Crippen molar-refractivity contribution in [1.82, 2.24) is 15.2 Å². The van der Waals surface area contributed by atoms with E-state index in [4.69, 9.17) is 5.84 Å². The van der Waals surface area contributed by atoms with Crippen molar-refractivity contribution in [2.45, 2.75) is 39.2 Å². The molecule has 0 saturated heterocycles. The molecule has 4 nitrogen and oxygen atoms in total. The summed E-state index contributed by atoms with van der Waals surface area (Å²) in [4.78, 5) is 0. The number of hydrogen-bond donors (Lipinski definition) is 2. The first-order valence-electron chi connectivity index (χ1n) is 7.35. The number of hydrogen-bond acceptors (Lipinski definition) is 3. The summed E-state index contributed by atoms with van der Waals surface area (Å²) in [6, 6.07) is 12.3. The molecule has 0 aliphatic rings. The van der Waals surface area contributed by atoms with Crippen LogP contribution in [0.4, 0.5) is 0 Å². The van der Waals surface area contributed by atoms with Crippen molar-refractivity contribution < 1.29 is 0 Å². The number of nitrogens with zero attached hydrogens (tertiary/aromatic N) is 2. The fraction of sp³-hybridized carbons (Fsp3) is 0.438. The predicted molar refractivity (Wildman–Crippen MR) is 82.3 cm³/mol. The van der Waals surface area contributed by atoms with Crippen LogP contribution in [0.5, 0.6) is 0 Å². The number of hydrazine groups is 1. The summed E-state index contributed by atoms with van der Waals surface area (Å²) in [5.74, 6) is 6.39. The third-order valence-corrected chi connectivity index (χ3v) is 3.91. The number of nitrogens with two attached hydrogens (primary N) is 1. The predicted octanol–water partition coefficient (Wildman–Crippen LogP) is 3.20. The quantitative estimate of drug-likeness (QED) is 0.601. The van der Waals surface area contributed by atoms with E-state index >= 15 is 0 Å². The first-order valence-corrected chi connectivity index (χ1v) is 7.35. The van der Waals surface area contributed by atoms with Crippen LogP contribution in [-0.4, -0.2) is 9.78 Å². The van der Waals surface area contributed by atoms with Crippen LogP contribution in [0.1, 0.15) is 44.8 Å². The summed E-state index contributed by atoms with van der Waals surface area (Å²) in [5.41, 5.74) is 4.98. The van der Waals surface area contributed by atoms with E-state index in [9.17, 15) is 0 Å². The average molecular weight is 272 g/mol. The van der Waals surface area contributed by atoms with Gasteiger partial charge in [0.1, 0.15) is 0 Å². The Labute approximate surface area is 121 Å². The Hall–Kier alpha value is -1.65. The zero-order chi connectivity index (χ0) is 14.4. The summed E-state index contributed by atoms with van der Waals surface area (Å²) in [5, 5.41) is 4.65. The molecule has 1 atom stereocenters. The van der Waals surface area contributed by atoms with Gasteiger partial charge < -0.3 is 0 Å². The Bertz CT molecular complexity index is 502. The largest absolute Gasteiger partial charge is 0.271 e. The SMILES string of the molecule is CCC(CC)CC(NN)c1ccn(-c2ccccc2)n1. The van der Waals surface area contributed by atoms with Gasteiger partial charge in [0.05, 0.1) is 17.4 Å². The van der Waals surface area contributed by atoms with E-state index in [1.807, 2.05) is 47.3 Å². The molecular formula is C16H24N4. The molecule has 0 saturated carbocycles. The van der Waals surface area contributed by atoms with Crippen molar-refractivity contribution >= 4 is 0 Å². The van der Waals surface area contributed by atoms with Crippen molar-refractivity contribution in [2.24, 2.45) is 11.8 Å². The number of rotatable bonds is 7. The molecule has 1 unspecified atom stereocenters. The lowest BCUT2D eigenvalue weighted by molar-refractivity contribution is 0.369. The Morgan fingerprint density at radius 2 is 1.85 bits per heavy atom. The number of para-hydroxylation sites is 1. The Morgan fingerprint density at radius 3 is 2.45 bits per heavy atom. The molecule has 4 heteroatoms. The van der Waals surface area contributed by atoms with E-state index in [-0.39, 0.29) is 6.04 Å². The van der Waals surface area contributed by atoms with Gasteiger partial charge in [0, 0.05) is 6.20 Å².